The van der Waals surface area contributed by atoms with Crippen LogP contribution in [0, 0.1) is 6.92 Å². The molecule has 2 heterocycles. The van der Waals surface area contributed by atoms with Crippen molar-refractivity contribution in [1.29, 1.82) is 0 Å². The Balaban J connectivity index is 1.98. The highest BCUT2D eigenvalue weighted by molar-refractivity contribution is 6.30. The lowest BCUT2D eigenvalue weighted by Crippen LogP contribution is -2.24. The molecule has 1 N–H and O–H groups in total. The molecule has 166 valence electrons. The molecular formula is C26H28ClN3O2. The molecule has 6 heteroatoms. The first kappa shape index (κ1) is 22.3. The van der Waals surface area contributed by atoms with Crippen LogP contribution in [0.4, 0.5) is 0 Å². The minimum Gasteiger partial charge on any atom is -0.358 e. The second-order valence-corrected chi connectivity index (χ2v) is 9.61. The monoisotopic (exact) mass is 449 g/mol. The number of benzene rings is 2. The topological polar surface area (TPSA) is 67.5 Å². The Hall–Kier alpha value is -2.92. The average molecular weight is 450 g/mol. The molecule has 4 rings (SSSR count). The molecule has 1 aliphatic heterocycles. The smallest absolute Gasteiger partial charge is 0.222 e. The van der Waals surface area contributed by atoms with E-state index in [1.807, 2.05) is 38.1 Å². The number of carbonyl (C=O) groups is 1. The van der Waals surface area contributed by atoms with Crippen LogP contribution in [0.25, 0.3) is 11.1 Å². The lowest BCUT2D eigenvalue weighted by Gasteiger charge is -2.21. The fourth-order valence-corrected chi connectivity index (χ4v) is 4.20. The van der Waals surface area contributed by atoms with Crippen LogP contribution in [0.1, 0.15) is 68.3 Å². The van der Waals surface area contributed by atoms with Crippen LogP contribution in [-0.4, -0.2) is 23.3 Å². The van der Waals surface area contributed by atoms with E-state index >= 15 is 0 Å². The predicted molar refractivity (Wildman–Crippen MR) is 129 cm³/mol. The van der Waals surface area contributed by atoms with Crippen molar-refractivity contribution in [3.8, 4) is 11.1 Å². The van der Waals surface area contributed by atoms with Gasteiger partial charge in [-0.25, -0.2) is 0 Å². The Morgan fingerprint density at radius 1 is 1.12 bits per heavy atom. The molecule has 1 amide bonds. The average Bonchev–Trinajstić information content (AvgIpc) is 3.06. The zero-order valence-corrected chi connectivity index (χ0v) is 19.9. The molecule has 32 heavy (non-hydrogen) atoms. The largest absolute Gasteiger partial charge is 0.358 e. The zero-order valence-electron chi connectivity index (χ0n) is 19.1. The molecule has 0 saturated carbocycles. The molecular weight excluding hydrogens is 422 g/mol. The van der Waals surface area contributed by atoms with Crippen LogP contribution < -0.4 is 5.32 Å². The van der Waals surface area contributed by atoms with Crippen molar-refractivity contribution in [2.24, 2.45) is 4.99 Å². The van der Waals surface area contributed by atoms with Crippen molar-refractivity contribution < 1.29 is 9.32 Å². The first-order chi connectivity index (χ1) is 15.2. The zero-order chi connectivity index (χ0) is 23.0. The Morgan fingerprint density at radius 2 is 1.84 bits per heavy atom. The van der Waals surface area contributed by atoms with Crippen LogP contribution >= 0.6 is 11.6 Å². The van der Waals surface area contributed by atoms with Gasteiger partial charge in [-0.15, -0.1) is 0 Å². The molecule has 3 aromatic rings. The van der Waals surface area contributed by atoms with Gasteiger partial charge in [-0.1, -0.05) is 61.8 Å². The summed E-state index contributed by atoms with van der Waals surface area (Å²) in [6.07, 6.45) is 0.187. The maximum atomic E-state index is 12.5. The lowest BCUT2D eigenvalue weighted by atomic mass is 9.82. The second-order valence-electron chi connectivity index (χ2n) is 9.18. The Morgan fingerprint density at radius 3 is 2.50 bits per heavy atom. The molecule has 0 fully saturated rings. The van der Waals surface area contributed by atoms with Gasteiger partial charge in [-0.3, -0.25) is 9.79 Å². The van der Waals surface area contributed by atoms with E-state index in [0.29, 0.717) is 17.3 Å². The van der Waals surface area contributed by atoms with E-state index in [0.717, 1.165) is 33.7 Å². The van der Waals surface area contributed by atoms with Crippen molar-refractivity contribution in [1.82, 2.24) is 10.5 Å². The molecule has 2 aromatic carbocycles. The third kappa shape index (κ3) is 4.22. The molecule has 0 unspecified atom stereocenters. The number of nitrogens with zero attached hydrogens (tertiary/aromatic N) is 2. The summed E-state index contributed by atoms with van der Waals surface area (Å²) >= 11 is 6.16. The molecule has 0 aliphatic carbocycles. The minimum absolute atomic E-state index is 0.0284. The minimum atomic E-state index is -0.478. The second kappa shape index (κ2) is 8.55. The number of hydrogen-bond acceptors (Lipinski definition) is 4. The quantitative estimate of drug-likeness (QED) is 0.529. The molecule has 1 aliphatic rings. The van der Waals surface area contributed by atoms with Crippen molar-refractivity contribution in [3.63, 3.8) is 0 Å². The summed E-state index contributed by atoms with van der Waals surface area (Å²) < 4.78 is 5.76. The first-order valence-electron chi connectivity index (χ1n) is 10.9. The van der Waals surface area contributed by atoms with Gasteiger partial charge in [0.2, 0.25) is 5.91 Å². The molecule has 0 spiro atoms. The van der Waals surface area contributed by atoms with Gasteiger partial charge >= 0.3 is 0 Å². The standard InChI is InChI=1S/C26H28ClN3O2/c1-6-28-22(31)14-21-25-23(15(2)30-32-25)19-12-9-17(26(3,4)5)13-20(19)24(29-21)16-7-10-18(27)11-8-16/h7-13,21H,6,14H2,1-5H3,(H,28,31)/t21-/m0/s1. The molecule has 1 aromatic heterocycles. The summed E-state index contributed by atoms with van der Waals surface area (Å²) in [5.74, 6) is 0.556. The number of aliphatic imine (C=N–C) groups is 1. The normalized spacial score (nSPS) is 15.4. The van der Waals surface area contributed by atoms with Crippen LogP contribution in [0.3, 0.4) is 0 Å². The Bertz CT molecular complexity index is 1190. The maximum absolute atomic E-state index is 12.5. The van der Waals surface area contributed by atoms with Gasteiger partial charge in [0, 0.05) is 22.7 Å². The van der Waals surface area contributed by atoms with Gasteiger partial charge in [-0.05, 0) is 48.6 Å². The number of fused-ring (bicyclic) bond motifs is 3. The van der Waals surface area contributed by atoms with Gasteiger partial charge in [0.1, 0.15) is 6.04 Å². The number of hydrogen-bond donors (Lipinski definition) is 1. The Kier molecular flexibility index (Phi) is 5.95. The summed E-state index contributed by atoms with van der Waals surface area (Å²) in [7, 11) is 0. The number of aryl methyl sites for hydroxylation is 1. The summed E-state index contributed by atoms with van der Waals surface area (Å²) in [4.78, 5) is 17.6. The number of nitrogens with one attached hydrogen (secondary N) is 1. The van der Waals surface area contributed by atoms with Crippen molar-refractivity contribution in [2.45, 2.75) is 52.5 Å². The van der Waals surface area contributed by atoms with Gasteiger partial charge < -0.3 is 9.84 Å². The SMILES string of the molecule is CCNC(=O)C[C@@H]1N=C(c2ccc(Cl)cc2)c2cc(C(C)(C)C)ccc2-c2c(C)noc21. The third-order valence-electron chi connectivity index (χ3n) is 5.76. The van der Waals surface area contributed by atoms with E-state index in [-0.39, 0.29) is 17.7 Å². The summed E-state index contributed by atoms with van der Waals surface area (Å²) in [6.45, 7) is 11.0. The number of halogens is 1. The highest BCUT2D eigenvalue weighted by atomic mass is 35.5. The van der Waals surface area contributed by atoms with Crippen molar-refractivity contribution in [2.75, 3.05) is 6.54 Å². The van der Waals surface area contributed by atoms with E-state index < -0.39 is 6.04 Å². The first-order valence-corrected chi connectivity index (χ1v) is 11.3. The number of rotatable bonds is 4. The van der Waals surface area contributed by atoms with Crippen molar-refractivity contribution in [3.05, 3.63) is 75.6 Å². The molecule has 5 nitrogen and oxygen atoms in total. The van der Waals surface area contributed by atoms with Gasteiger partial charge in [-0.2, -0.15) is 0 Å². The summed E-state index contributed by atoms with van der Waals surface area (Å²) in [6, 6.07) is 13.7. The van der Waals surface area contributed by atoms with Gasteiger partial charge in [0.05, 0.1) is 23.4 Å². The molecule has 1 atom stereocenters. The highest BCUT2D eigenvalue weighted by Crippen LogP contribution is 2.42. The van der Waals surface area contributed by atoms with E-state index in [1.165, 1.54) is 5.56 Å². The van der Waals surface area contributed by atoms with E-state index in [1.54, 1.807) is 0 Å². The number of aromatic nitrogens is 1. The van der Waals surface area contributed by atoms with Gasteiger partial charge in [0.15, 0.2) is 5.76 Å². The summed E-state index contributed by atoms with van der Waals surface area (Å²) in [5.41, 5.74) is 6.67. The van der Waals surface area contributed by atoms with E-state index in [9.17, 15) is 4.79 Å². The third-order valence-corrected chi connectivity index (χ3v) is 6.01. The number of carbonyl (C=O) groups excluding carboxylic acids is 1. The molecule has 0 saturated heterocycles. The lowest BCUT2D eigenvalue weighted by molar-refractivity contribution is -0.121. The maximum Gasteiger partial charge on any atom is 0.222 e. The van der Waals surface area contributed by atoms with Crippen LogP contribution in [0.2, 0.25) is 5.02 Å². The van der Waals surface area contributed by atoms with E-state index in [4.69, 9.17) is 21.1 Å². The Labute approximate surface area is 193 Å². The highest BCUT2D eigenvalue weighted by Gasteiger charge is 2.32. The predicted octanol–water partition coefficient (Wildman–Crippen LogP) is 6.02. The summed E-state index contributed by atoms with van der Waals surface area (Å²) in [5, 5.41) is 7.77. The van der Waals surface area contributed by atoms with Crippen molar-refractivity contribution >= 4 is 23.2 Å². The van der Waals surface area contributed by atoms with Gasteiger partial charge in [0.25, 0.3) is 0 Å². The van der Waals surface area contributed by atoms with Crippen LogP contribution in [-0.2, 0) is 10.2 Å². The number of amides is 1. The fourth-order valence-electron chi connectivity index (χ4n) is 4.07. The molecule has 0 radical (unpaired) electrons. The van der Waals surface area contributed by atoms with E-state index in [2.05, 4.69) is 49.4 Å². The van der Waals surface area contributed by atoms with Crippen LogP contribution in [0.5, 0.6) is 0 Å². The molecule has 0 bridgehead atoms. The fraction of sp³-hybridized carbons (Fsp3) is 0.346. The van der Waals surface area contributed by atoms with Crippen LogP contribution in [0.15, 0.2) is 52.0 Å².